The summed E-state index contributed by atoms with van der Waals surface area (Å²) in [4.78, 5) is 8.73. The molecule has 5 nitrogen and oxygen atoms in total. The van der Waals surface area contributed by atoms with Crippen molar-refractivity contribution in [2.45, 2.75) is 31.7 Å². The van der Waals surface area contributed by atoms with Crippen LogP contribution < -0.4 is 16.4 Å². The van der Waals surface area contributed by atoms with Crippen LogP contribution in [0.4, 0.5) is 0 Å². The van der Waals surface area contributed by atoms with Gasteiger partial charge in [-0.25, -0.2) is 0 Å². The number of nitrogens with zero attached hydrogens (tertiary/aromatic N) is 2. The van der Waals surface area contributed by atoms with Gasteiger partial charge in [0.15, 0.2) is 11.1 Å². The van der Waals surface area contributed by atoms with E-state index in [0.717, 1.165) is 12.1 Å². The summed E-state index contributed by atoms with van der Waals surface area (Å²) in [7, 11) is 0. The number of aliphatic imine (C=N–C) groups is 1. The molecule has 4 N–H and O–H groups in total. The molecule has 1 aliphatic carbocycles. The van der Waals surface area contributed by atoms with Gasteiger partial charge in [-0.1, -0.05) is 6.07 Å². The number of guanidine groups is 1. The second-order valence-corrected chi connectivity index (χ2v) is 5.00. The summed E-state index contributed by atoms with van der Waals surface area (Å²) in [6.07, 6.45) is 6.22. The number of rotatable bonds is 4. The highest BCUT2D eigenvalue weighted by Crippen LogP contribution is 2.17. The summed E-state index contributed by atoms with van der Waals surface area (Å²) in [5.41, 5.74) is 6.53. The Morgan fingerprint density at radius 1 is 1.47 bits per heavy atom. The van der Waals surface area contributed by atoms with Gasteiger partial charge >= 0.3 is 0 Å². The van der Waals surface area contributed by atoms with Gasteiger partial charge in [-0.2, -0.15) is 0 Å². The van der Waals surface area contributed by atoms with Crippen molar-refractivity contribution in [2.75, 3.05) is 6.54 Å². The molecule has 1 heterocycles. The van der Waals surface area contributed by atoms with Gasteiger partial charge in [0.05, 0.1) is 0 Å². The number of nitrogens with two attached hydrogens (primary N) is 1. The Bertz CT molecular complexity index is 442. The molecule has 0 amide bonds. The van der Waals surface area contributed by atoms with Crippen LogP contribution in [-0.4, -0.2) is 28.6 Å². The SMILES string of the molecule is NC(=S)NC(=NCCc1ccccn1)NC1CCC1. The smallest absolute Gasteiger partial charge is 0.197 e. The van der Waals surface area contributed by atoms with Crippen molar-refractivity contribution >= 4 is 23.3 Å². The van der Waals surface area contributed by atoms with E-state index in [-0.39, 0.29) is 5.11 Å². The Balaban J connectivity index is 1.85. The summed E-state index contributed by atoms with van der Waals surface area (Å²) < 4.78 is 0. The predicted molar refractivity (Wildman–Crippen MR) is 80.9 cm³/mol. The third-order valence-electron chi connectivity index (χ3n) is 3.05. The fraction of sp³-hybridized carbons (Fsp3) is 0.462. The molecule has 1 aliphatic rings. The zero-order valence-corrected chi connectivity index (χ0v) is 11.6. The molecule has 0 aromatic carbocycles. The molecule has 0 atom stereocenters. The van der Waals surface area contributed by atoms with Crippen LogP contribution in [0, 0.1) is 0 Å². The van der Waals surface area contributed by atoms with Crippen molar-refractivity contribution in [3.8, 4) is 0 Å². The third kappa shape index (κ3) is 4.82. The molecule has 102 valence electrons. The van der Waals surface area contributed by atoms with Crippen molar-refractivity contribution in [1.82, 2.24) is 15.6 Å². The highest BCUT2D eigenvalue weighted by molar-refractivity contribution is 7.80. The molecule has 0 spiro atoms. The fourth-order valence-electron chi connectivity index (χ4n) is 1.81. The highest BCUT2D eigenvalue weighted by atomic mass is 32.1. The van der Waals surface area contributed by atoms with Crippen molar-refractivity contribution in [2.24, 2.45) is 10.7 Å². The Hall–Kier alpha value is -1.69. The van der Waals surface area contributed by atoms with Crippen LogP contribution in [0.5, 0.6) is 0 Å². The lowest BCUT2D eigenvalue weighted by Crippen LogP contribution is -2.49. The zero-order chi connectivity index (χ0) is 13.5. The number of nitrogens with one attached hydrogen (secondary N) is 2. The van der Waals surface area contributed by atoms with Gasteiger partial charge in [0.1, 0.15) is 0 Å². The Kier molecular flexibility index (Phi) is 5.09. The average molecular weight is 277 g/mol. The van der Waals surface area contributed by atoms with E-state index < -0.39 is 0 Å². The van der Waals surface area contributed by atoms with E-state index in [9.17, 15) is 0 Å². The fourth-order valence-corrected chi connectivity index (χ4v) is 1.91. The summed E-state index contributed by atoms with van der Waals surface area (Å²) in [5, 5.41) is 6.45. The van der Waals surface area contributed by atoms with Crippen LogP contribution in [0.25, 0.3) is 0 Å². The summed E-state index contributed by atoms with van der Waals surface area (Å²) >= 11 is 4.86. The maximum atomic E-state index is 5.50. The van der Waals surface area contributed by atoms with Crippen molar-refractivity contribution < 1.29 is 0 Å². The molecule has 1 aromatic rings. The van der Waals surface area contributed by atoms with E-state index in [1.807, 2.05) is 18.2 Å². The van der Waals surface area contributed by atoms with Gasteiger partial charge in [0, 0.05) is 30.9 Å². The largest absolute Gasteiger partial charge is 0.376 e. The van der Waals surface area contributed by atoms with Crippen LogP contribution in [0.1, 0.15) is 25.0 Å². The van der Waals surface area contributed by atoms with Crippen molar-refractivity contribution in [1.29, 1.82) is 0 Å². The topological polar surface area (TPSA) is 75.3 Å². The van der Waals surface area contributed by atoms with Crippen LogP contribution in [0.15, 0.2) is 29.4 Å². The number of thiocarbonyl (C=S) groups is 1. The van der Waals surface area contributed by atoms with Crippen molar-refractivity contribution in [3.63, 3.8) is 0 Å². The van der Waals surface area contributed by atoms with E-state index in [1.165, 1.54) is 19.3 Å². The monoisotopic (exact) mass is 277 g/mol. The first-order valence-corrected chi connectivity index (χ1v) is 6.92. The second kappa shape index (κ2) is 7.04. The lowest BCUT2D eigenvalue weighted by Gasteiger charge is -2.28. The van der Waals surface area contributed by atoms with Gasteiger partial charge in [0.2, 0.25) is 0 Å². The first kappa shape index (κ1) is 13.7. The normalized spacial score (nSPS) is 15.7. The summed E-state index contributed by atoms with van der Waals surface area (Å²) in [5.74, 6) is 0.674. The molecule has 1 aromatic heterocycles. The molecule has 0 bridgehead atoms. The van der Waals surface area contributed by atoms with Crippen LogP contribution in [0.3, 0.4) is 0 Å². The average Bonchev–Trinajstić information content (AvgIpc) is 2.34. The Morgan fingerprint density at radius 2 is 2.32 bits per heavy atom. The molecule has 19 heavy (non-hydrogen) atoms. The predicted octanol–water partition coefficient (Wildman–Crippen LogP) is 0.955. The number of hydrogen-bond donors (Lipinski definition) is 3. The van der Waals surface area contributed by atoms with E-state index in [2.05, 4.69) is 20.6 Å². The molecule has 1 fully saturated rings. The lowest BCUT2D eigenvalue weighted by atomic mass is 9.93. The molecule has 1 saturated carbocycles. The molecule has 6 heteroatoms. The van der Waals surface area contributed by atoms with E-state index in [4.69, 9.17) is 18.0 Å². The minimum Gasteiger partial charge on any atom is -0.376 e. The number of pyridine rings is 1. The Labute approximate surface area is 118 Å². The lowest BCUT2D eigenvalue weighted by molar-refractivity contribution is 0.381. The number of aromatic nitrogens is 1. The third-order valence-corrected chi connectivity index (χ3v) is 3.15. The first-order valence-electron chi connectivity index (χ1n) is 6.51. The minimum absolute atomic E-state index is 0.239. The highest BCUT2D eigenvalue weighted by Gasteiger charge is 2.18. The molecule has 0 aliphatic heterocycles. The van der Waals surface area contributed by atoms with Gasteiger partial charge < -0.3 is 16.4 Å². The quantitative estimate of drug-likeness (QED) is 0.434. The van der Waals surface area contributed by atoms with Gasteiger partial charge in [-0.05, 0) is 43.6 Å². The molecule has 0 radical (unpaired) electrons. The van der Waals surface area contributed by atoms with Gasteiger partial charge in [-0.3, -0.25) is 9.98 Å². The van der Waals surface area contributed by atoms with Crippen LogP contribution in [-0.2, 0) is 6.42 Å². The first-order chi connectivity index (χ1) is 9.24. The van der Waals surface area contributed by atoms with Gasteiger partial charge in [0.25, 0.3) is 0 Å². The Morgan fingerprint density at radius 3 is 2.89 bits per heavy atom. The molecular formula is C13H19N5S. The van der Waals surface area contributed by atoms with Crippen LogP contribution in [0.2, 0.25) is 0 Å². The van der Waals surface area contributed by atoms with E-state index in [0.29, 0.717) is 18.5 Å². The number of hydrogen-bond acceptors (Lipinski definition) is 3. The van der Waals surface area contributed by atoms with Crippen molar-refractivity contribution in [3.05, 3.63) is 30.1 Å². The van der Waals surface area contributed by atoms with E-state index >= 15 is 0 Å². The molecule has 0 saturated heterocycles. The maximum Gasteiger partial charge on any atom is 0.197 e. The molecule has 0 unspecified atom stereocenters. The molecular weight excluding hydrogens is 258 g/mol. The minimum atomic E-state index is 0.239. The second-order valence-electron chi connectivity index (χ2n) is 4.56. The van der Waals surface area contributed by atoms with Gasteiger partial charge in [-0.15, -0.1) is 0 Å². The standard InChI is InChI=1S/C13H19N5S/c14-12(19)18-13(17-11-5-3-6-11)16-9-7-10-4-1-2-8-15-10/h1-2,4,8,11H,3,5-7,9H2,(H4,14,16,17,18,19). The maximum absolute atomic E-state index is 5.50. The van der Waals surface area contributed by atoms with Crippen LogP contribution >= 0.6 is 12.2 Å². The summed E-state index contributed by atoms with van der Waals surface area (Å²) in [6, 6.07) is 6.38. The molecule has 2 rings (SSSR count). The van der Waals surface area contributed by atoms with E-state index in [1.54, 1.807) is 6.20 Å². The zero-order valence-electron chi connectivity index (χ0n) is 10.8. The summed E-state index contributed by atoms with van der Waals surface area (Å²) in [6.45, 7) is 0.654.